The van der Waals surface area contributed by atoms with Gasteiger partial charge in [-0.15, -0.1) is 0 Å². The molecule has 0 bridgehead atoms. The number of nitrogens with zero attached hydrogens (tertiary/aromatic N) is 2. The lowest BCUT2D eigenvalue weighted by Crippen LogP contribution is -1.92. The van der Waals surface area contributed by atoms with Crippen LogP contribution in [0.25, 0.3) is 22.8 Å². The lowest BCUT2D eigenvalue weighted by molar-refractivity contribution is 0.174. The van der Waals surface area contributed by atoms with E-state index in [0.717, 1.165) is 11.1 Å². The quantitative estimate of drug-likeness (QED) is 0.729. The Morgan fingerprint density at radius 1 is 0.875 bits per heavy atom. The van der Waals surface area contributed by atoms with Crippen molar-refractivity contribution >= 4 is 0 Å². The smallest absolute Gasteiger partial charge is 0.258 e. The third-order valence-corrected chi connectivity index (χ3v) is 3.69. The average molecular weight is 326 g/mol. The maximum Gasteiger partial charge on any atom is 0.258 e. The van der Waals surface area contributed by atoms with Crippen LogP contribution in [0.5, 0.6) is 23.0 Å². The highest BCUT2D eigenvalue weighted by atomic mass is 16.7. The number of fused-ring (bicyclic) bond motifs is 1. The van der Waals surface area contributed by atoms with Gasteiger partial charge in [0.15, 0.2) is 23.0 Å². The molecule has 122 valence electrons. The molecule has 0 radical (unpaired) electrons. The first kappa shape index (κ1) is 14.4. The lowest BCUT2D eigenvalue weighted by Gasteiger charge is -2.07. The normalized spacial score (nSPS) is 12.2. The third-order valence-electron chi connectivity index (χ3n) is 3.69. The Kier molecular flexibility index (Phi) is 3.45. The van der Waals surface area contributed by atoms with Crippen LogP contribution < -0.4 is 18.9 Å². The van der Waals surface area contributed by atoms with Gasteiger partial charge in [-0.05, 0) is 36.4 Å². The van der Waals surface area contributed by atoms with E-state index in [9.17, 15) is 0 Å². The highest BCUT2D eigenvalue weighted by molar-refractivity contribution is 5.65. The molecule has 7 nitrogen and oxygen atoms in total. The highest BCUT2D eigenvalue weighted by Crippen LogP contribution is 2.36. The van der Waals surface area contributed by atoms with Gasteiger partial charge in [-0.2, -0.15) is 4.98 Å². The molecule has 0 saturated carbocycles. The predicted molar refractivity (Wildman–Crippen MR) is 84.4 cm³/mol. The zero-order valence-electron chi connectivity index (χ0n) is 13.1. The summed E-state index contributed by atoms with van der Waals surface area (Å²) < 4.78 is 26.6. The van der Waals surface area contributed by atoms with Crippen LogP contribution in [0.4, 0.5) is 0 Å². The van der Waals surface area contributed by atoms with Gasteiger partial charge in [0.05, 0.1) is 14.2 Å². The molecule has 0 unspecified atom stereocenters. The molecule has 7 heteroatoms. The topological polar surface area (TPSA) is 75.8 Å². The van der Waals surface area contributed by atoms with Crippen LogP contribution in [0, 0.1) is 0 Å². The summed E-state index contributed by atoms with van der Waals surface area (Å²) in [6.07, 6.45) is 0. The van der Waals surface area contributed by atoms with Crippen molar-refractivity contribution in [2.24, 2.45) is 0 Å². The largest absolute Gasteiger partial charge is 0.493 e. The number of ether oxygens (including phenoxy) is 4. The summed E-state index contributed by atoms with van der Waals surface area (Å²) in [5, 5.41) is 4.03. The third kappa shape index (κ3) is 2.40. The maximum absolute atomic E-state index is 5.37. The summed E-state index contributed by atoms with van der Waals surface area (Å²) in [5.41, 5.74) is 1.53. The lowest BCUT2D eigenvalue weighted by atomic mass is 10.2. The van der Waals surface area contributed by atoms with Crippen molar-refractivity contribution in [1.29, 1.82) is 0 Å². The molecule has 1 aliphatic heterocycles. The van der Waals surface area contributed by atoms with Gasteiger partial charge in [-0.25, -0.2) is 0 Å². The zero-order valence-corrected chi connectivity index (χ0v) is 13.1. The predicted octanol–water partition coefficient (Wildman–Crippen LogP) is 3.15. The molecule has 1 aromatic heterocycles. The van der Waals surface area contributed by atoms with Gasteiger partial charge in [-0.3, -0.25) is 0 Å². The van der Waals surface area contributed by atoms with Gasteiger partial charge < -0.3 is 23.5 Å². The van der Waals surface area contributed by atoms with E-state index in [4.69, 9.17) is 23.5 Å². The van der Waals surface area contributed by atoms with Gasteiger partial charge in [0, 0.05) is 11.1 Å². The first-order valence-electron chi connectivity index (χ1n) is 7.24. The van der Waals surface area contributed by atoms with Crippen LogP contribution in [0.2, 0.25) is 0 Å². The average Bonchev–Trinajstić information content (AvgIpc) is 3.29. The van der Waals surface area contributed by atoms with Crippen molar-refractivity contribution in [3.8, 4) is 45.8 Å². The Hall–Kier alpha value is -3.22. The number of hydrogen-bond donors (Lipinski definition) is 0. The summed E-state index contributed by atoms with van der Waals surface area (Å²) in [6, 6.07) is 10.9. The zero-order chi connectivity index (χ0) is 16.5. The van der Waals surface area contributed by atoms with Crippen molar-refractivity contribution in [2.75, 3.05) is 21.0 Å². The Balaban J connectivity index is 1.68. The molecular weight excluding hydrogens is 312 g/mol. The second-order valence-electron chi connectivity index (χ2n) is 5.06. The van der Waals surface area contributed by atoms with Crippen molar-refractivity contribution in [3.05, 3.63) is 36.4 Å². The van der Waals surface area contributed by atoms with E-state index in [1.54, 1.807) is 26.4 Å². The van der Waals surface area contributed by atoms with Crippen LogP contribution in [0.1, 0.15) is 0 Å². The van der Waals surface area contributed by atoms with Gasteiger partial charge >= 0.3 is 0 Å². The number of benzene rings is 2. The minimum absolute atomic E-state index is 0.224. The molecule has 0 amide bonds. The molecular formula is C17H14N2O5. The number of methoxy groups -OCH3 is 2. The minimum atomic E-state index is 0.224. The molecule has 2 aromatic carbocycles. The van der Waals surface area contributed by atoms with Crippen molar-refractivity contribution in [3.63, 3.8) is 0 Å². The van der Waals surface area contributed by atoms with E-state index in [1.165, 1.54) is 0 Å². The Bertz CT molecular complexity index is 890. The molecule has 0 aliphatic carbocycles. The van der Waals surface area contributed by atoms with E-state index in [-0.39, 0.29) is 6.79 Å². The molecule has 1 aliphatic rings. The molecule has 4 rings (SSSR count). The van der Waals surface area contributed by atoms with Crippen molar-refractivity contribution in [1.82, 2.24) is 10.1 Å². The van der Waals surface area contributed by atoms with Crippen molar-refractivity contribution < 1.29 is 23.5 Å². The Morgan fingerprint density at radius 3 is 2.50 bits per heavy atom. The molecule has 3 aromatic rings. The fraction of sp³-hybridized carbons (Fsp3) is 0.176. The van der Waals surface area contributed by atoms with E-state index in [2.05, 4.69) is 10.1 Å². The van der Waals surface area contributed by atoms with Crippen LogP contribution in [0.3, 0.4) is 0 Å². The molecule has 0 fully saturated rings. The van der Waals surface area contributed by atoms with Gasteiger partial charge in [0.1, 0.15) is 0 Å². The summed E-state index contributed by atoms with van der Waals surface area (Å²) in [7, 11) is 3.16. The maximum atomic E-state index is 5.37. The van der Waals surface area contributed by atoms with E-state index in [0.29, 0.717) is 34.7 Å². The molecule has 0 spiro atoms. The van der Waals surface area contributed by atoms with Gasteiger partial charge in [-0.1, -0.05) is 5.16 Å². The van der Waals surface area contributed by atoms with Crippen LogP contribution in [0.15, 0.2) is 40.9 Å². The summed E-state index contributed by atoms with van der Waals surface area (Å²) >= 11 is 0. The first-order valence-corrected chi connectivity index (χ1v) is 7.24. The second-order valence-corrected chi connectivity index (χ2v) is 5.06. The Labute approximate surface area is 137 Å². The Morgan fingerprint density at radius 2 is 1.67 bits per heavy atom. The number of hydrogen-bond acceptors (Lipinski definition) is 7. The van der Waals surface area contributed by atoms with Crippen molar-refractivity contribution in [2.45, 2.75) is 0 Å². The molecule has 24 heavy (non-hydrogen) atoms. The fourth-order valence-electron chi connectivity index (χ4n) is 2.46. The van der Waals surface area contributed by atoms with Gasteiger partial charge in [0.2, 0.25) is 12.6 Å². The minimum Gasteiger partial charge on any atom is -0.493 e. The van der Waals surface area contributed by atoms with E-state index in [1.807, 2.05) is 24.3 Å². The van der Waals surface area contributed by atoms with Gasteiger partial charge in [0.25, 0.3) is 5.89 Å². The summed E-state index contributed by atoms with van der Waals surface area (Å²) in [5.74, 6) is 3.48. The molecule has 0 N–H and O–H groups in total. The highest BCUT2D eigenvalue weighted by Gasteiger charge is 2.17. The first-order chi connectivity index (χ1) is 11.8. The van der Waals surface area contributed by atoms with Crippen LogP contribution >= 0.6 is 0 Å². The second kappa shape index (κ2) is 5.77. The standard InChI is InChI=1S/C17H14N2O5/c1-20-12-5-4-11(8-14(12)21-2)17-18-16(19-24-17)10-3-6-13-15(7-10)23-9-22-13/h3-8H,9H2,1-2H3. The SMILES string of the molecule is COc1ccc(-c2nc(-c3ccc4c(c3)OCO4)no2)cc1OC. The number of rotatable bonds is 4. The molecule has 0 saturated heterocycles. The summed E-state index contributed by atoms with van der Waals surface area (Å²) in [6.45, 7) is 0.224. The molecule has 0 atom stereocenters. The number of aromatic nitrogens is 2. The van der Waals surface area contributed by atoms with E-state index < -0.39 is 0 Å². The van der Waals surface area contributed by atoms with E-state index >= 15 is 0 Å². The summed E-state index contributed by atoms with van der Waals surface area (Å²) in [4.78, 5) is 4.44. The van der Waals surface area contributed by atoms with Crippen LogP contribution in [-0.2, 0) is 0 Å². The monoisotopic (exact) mass is 326 g/mol. The fourth-order valence-corrected chi connectivity index (χ4v) is 2.46. The molecule has 2 heterocycles. The van der Waals surface area contributed by atoms with Crippen LogP contribution in [-0.4, -0.2) is 31.2 Å².